The summed E-state index contributed by atoms with van der Waals surface area (Å²) in [5.41, 5.74) is 1.75. The number of hydrogen-bond donors (Lipinski definition) is 0. The van der Waals surface area contributed by atoms with Crippen LogP contribution in [0.15, 0.2) is 42.5 Å². The maximum absolute atomic E-state index is 13.1. The topological polar surface area (TPSA) is 42.0 Å². The Labute approximate surface area is 152 Å². The first-order valence-corrected chi connectivity index (χ1v) is 8.54. The molecule has 1 saturated heterocycles. The van der Waals surface area contributed by atoms with Gasteiger partial charge in [-0.2, -0.15) is 0 Å². The number of methoxy groups -OCH3 is 2. The molecule has 0 radical (unpaired) electrons. The minimum Gasteiger partial charge on any atom is -0.497 e. The lowest BCUT2D eigenvalue weighted by atomic mass is 10.1. The van der Waals surface area contributed by atoms with Crippen LogP contribution in [0.2, 0.25) is 0 Å². The summed E-state index contributed by atoms with van der Waals surface area (Å²) in [6.45, 7) is 3.81. The third kappa shape index (κ3) is 3.80. The van der Waals surface area contributed by atoms with E-state index in [1.54, 1.807) is 37.3 Å². The Morgan fingerprint density at radius 3 is 2.23 bits per heavy atom. The van der Waals surface area contributed by atoms with Gasteiger partial charge in [0.05, 0.1) is 25.9 Å². The van der Waals surface area contributed by atoms with Crippen LogP contribution in [0.25, 0.3) is 0 Å². The smallest absolute Gasteiger partial charge is 0.244 e. The maximum Gasteiger partial charge on any atom is 0.244 e. The summed E-state index contributed by atoms with van der Waals surface area (Å²) >= 11 is 0. The largest absolute Gasteiger partial charge is 0.497 e. The van der Waals surface area contributed by atoms with Crippen molar-refractivity contribution in [3.63, 3.8) is 0 Å². The number of benzene rings is 2. The van der Waals surface area contributed by atoms with Gasteiger partial charge in [-0.05, 0) is 24.6 Å². The minimum atomic E-state index is -0.272. The SMILES string of the molecule is COc1cc(OC)cc(N2CCN(Cc3ccc(F)cc3)C(C)C2=O)c1. The fraction of sp³-hybridized carbons (Fsp3) is 0.350. The van der Waals surface area contributed by atoms with Crippen molar-refractivity contribution in [1.82, 2.24) is 4.90 Å². The predicted octanol–water partition coefficient (Wildman–Crippen LogP) is 3.08. The summed E-state index contributed by atoms with van der Waals surface area (Å²) in [6.07, 6.45) is 0. The molecule has 5 nitrogen and oxygen atoms in total. The lowest BCUT2D eigenvalue weighted by Gasteiger charge is -2.39. The van der Waals surface area contributed by atoms with Crippen molar-refractivity contribution in [2.45, 2.75) is 19.5 Å². The number of carbonyl (C=O) groups excluding carboxylic acids is 1. The molecule has 1 amide bonds. The van der Waals surface area contributed by atoms with E-state index in [1.807, 2.05) is 19.1 Å². The molecule has 0 aliphatic carbocycles. The van der Waals surface area contributed by atoms with Crippen LogP contribution in [0.5, 0.6) is 11.5 Å². The number of anilines is 1. The molecule has 2 aromatic carbocycles. The number of nitrogens with zero attached hydrogens (tertiary/aromatic N) is 2. The van der Waals surface area contributed by atoms with Gasteiger partial charge >= 0.3 is 0 Å². The maximum atomic E-state index is 13.1. The second-order valence-corrected chi connectivity index (χ2v) is 6.33. The van der Waals surface area contributed by atoms with Gasteiger partial charge in [-0.25, -0.2) is 4.39 Å². The molecule has 1 fully saturated rings. The predicted molar refractivity (Wildman–Crippen MR) is 98.2 cm³/mol. The number of carbonyl (C=O) groups is 1. The van der Waals surface area contributed by atoms with E-state index in [0.29, 0.717) is 24.6 Å². The zero-order chi connectivity index (χ0) is 18.7. The molecule has 26 heavy (non-hydrogen) atoms. The molecule has 1 heterocycles. The van der Waals surface area contributed by atoms with Crippen LogP contribution in [0.3, 0.4) is 0 Å². The summed E-state index contributed by atoms with van der Waals surface area (Å²) in [5.74, 6) is 1.06. The summed E-state index contributed by atoms with van der Waals surface area (Å²) in [4.78, 5) is 16.8. The number of amides is 1. The Morgan fingerprint density at radius 2 is 1.65 bits per heavy atom. The molecule has 0 spiro atoms. The third-order valence-corrected chi connectivity index (χ3v) is 4.73. The van der Waals surface area contributed by atoms with Crippen LogP contribution in [-0.4, -0.2) is 44.2 Å². The van der Waals surface area contributed by atoms with Crippen LogP contribution in [0.4, 0.5) is 10.1 Å². The molecule has 3 rings (SSSR count). The van der Waals surface area contributed by atoms with E-state index < -0.39 is 0 Å². The first kappa shape index (κ1) is 18.2. The lowest BCUT2D eigenvalue weighted by Crippen LogP contribution is -2.55. The van der Waals surface area contributed by atoms with Gasteiger partial charge in [-0.3, -0.25) is 9.69 Å². The molecule has 2 aromatic rings. The quantitative estimate of drug-likeness (QED) is 0.824. The Hall–Kier alpha value is -2.60. The van der Waals surface area contributed by atoms with Crippen molar-refractivity contribution >= 4 is 11.6 Å². The van der Waals surface area contributed by atoms with E-state index >= 15 is 0 Å². The Balaban J connectivity index is 1.76. The van der Waals surface area contributed by atoms with Crippen molar-refractivity contribution in [2.75, 3.05) is 32.2 Å². The van der Waals surface area contributed by atoms with Crippen molar-refractivity contribution in [2.24, 2.45) is 0 Å². The van der Waals surface area contributed by atoms with E-state index in [4.69, 9.17) is 9.47 Å². The van der Waals surface area contributed by atoms with Gasteiger partial charge in [0.2, 0.25) is 5.91 Å². The molecule has 6 heteroatoms. The highest BCUT2D eigenvalue weighted by molar-refractivity contribution is 5.98. The molecular formula is C20H23FN2O3. The molecule has 1 unspecified atom stereocenters. The Morgan fingerprint density at radius 1 is 1.04 bits per heavy atom. The molecule has 0 aromatic heterocycles. The second kappa shape index (κ2) is 7.74. The van der Waals surface area contributed by atoms with Gasteiger partial charge in [0, 0.05) is 37.8 Å². The molecular weight excluding hydrogens is 335 g/mol. The molecule has 0 N–H and O–H groups in total. The van der Waals surface area contributed by atoms with Crippen molar-refractivity contribution in [3.8, 4) is 11.5 Å². The van der Waals surface area contributed by atoms with Crippen molar-refractivity contribution < 1.29 is 18.7 Å². The zero-order valence-corrected chi connectivity index (χ0v) is 15.2. The van der Waals surface area contributed by atoms with Gasteiger partial charge in [0.25, 0.3) is 0 Å². The highest BCUT2D eigenvalue weighted by Crippen LogP contribution is 2.30. The zero-order valence-electron chi connectivity index (χ0n) is 15.2. The highest BCUT2D eigenvalue weighted by Gasteiger charge is 2.32. The molecule has 0 bridgehead atoms. The normalized spacial score (nSPS) is 18.1. The number of halogens is 1. The van der Waals surface area contributed by atoms with E-state index in [0.717, 1.165) is 17.8 Å². The Bertz CT molecular complexity index is 757. The monoisotopic (exact) mass is 358 g/mol. The average Bonchev–Trinajstić information content (AvgIpc) is 2.66. The van der Waals surface area contributed by atoms with Crippen LogP contribution < -0.4 is 14.4 Å². The van der Waals surface area contributed by atoms with Gasteiger partial charge in [-0.15, -0.1) is 0 Å². The van der Waals surface area contributed by atoms with Gasteiger partial charge < -0.3 is 14.4 Å². The Kier molecular flexibility index (Phi) is 5.42. The van der Waals surface area contributed by atoms with E-state index in [-0.39, 0.29) is 17.8 Å². The number of ether oxygens (including phenoxy) is 2. The molecule has 1 aliphatic rings. The summed E-state index contributed by atoms with van der Waals surface area (Å²) in [7, 11) is 3.17. The molecule has 1 aliphatic heterocycles. The molecule has 138 valence electrons. The number of rotatable bonds is 5. The van der Waals surface area contributed by atoms with Crippen LogP contribution in [0, 0.1) is 5.82 Å². The first-order chi connectivity index (χ1) is 12.5. The molecule has 0 saturated carbocycles. The lowest BCUT2D eigenvalue weighted by molar-refractivity contribution is -0.125. The molecule has 1 atom stereocenters. The highest BCUT2D eigenvalue weighted by atomic mass is 19.1. The summed E-state index contributed by atoms with van der Waals surface area (Å²) < 4.78 is 23.7. The summed E-state index contributed by atoms with van der Waals surface area (Å²) in [6, 6.07) is 11.6. The fourth-order valence-electron chi connectivity index (χ4n) is 3.16. The number of piperazine rings is 1. The minimum absolute atomic E-state index is 0.0219. The fourth-order valence-corrected chi connectivity index (χ4v) is 3.16. The van der Waals surface area contributed by atoms with Gasteiger partial charge in [0.1, 0.15) is 17.3 Å². The van der Waals surface area contributed by atoms with Crippen LogP contribution >= 0.6 is 0 Å². The summed E-state index contributed by atoms with van der Waals surface area (Å²) in [5, 5.41) is 0. The van der Waals surface area contributed by atoms with E-state index in [9.17, 15) is 9.18 Å². The average molecular weight is 358 g/mol. The standard InChI is InChI=1S/C20H23FN2O3/c1-14-20(24)23(17-10-18(25-2)12-19(11-17)26-3)9-8-22(14)13-15-4-6-16(21)7-5-15/h4-7,10-12,14H,8-9,13H2,1-3H3. The second-order valence-electron chi connectivity index (χ2n) is 6.33. The van der Waals surface area contributed by atoms with E-state index in [2.05, 4.69) is 4.90 Å². The van der Waals surface area contributed by atoms with Gasteiger partial charge in [-0.1, -0.05) is 12.1 Å². The van der Waals surface area contributed by atoms with Crippen molar-refractivity contribution in [1.29, 1.82) is 0 Å². The van der Waals surface area contributed by atoms with Crippen LogP contribution in [-0.2, 0) is 11.3 Å². The van der Waals surface area contributed by atoms with Crippen molar-refractivity contribution in [3.05, 3.63) is 53.8 Å². The number of hydrogen-bond acceptors (Lipinski definition) is 4. The van der Waals surface area contributed by atoms with E-state index in [1.165, 1.54) is 12.1 Å². The van der Waals surface area contributed by atoms with Gasteiger partial charge in [0.15, 0.2) is 0 Å². The first-order valence-electron chi connectivity index (χ1n) is 8.54. The third-order valence-electron chi connectivity index (χ3n) is 4.73. The van der Waals surface area contributed by atoms with Crippen LogP contribution in [0.1, 0.15) is 12.5 Å².